The van der Waals surface area contributed by atoms with Crippen molar-refractivity contribution < 1.29 is 34.1 Å². The summed E-state index contributed by atoms with van der Waals surface area (Å²) in [5, 5.41) is 19.7. The van der Waals surface area contributed by atoms with Crippen molar-refractivity contribution in [2.24, 2.45) is 11.8 Å². The Morgan fingerprint density at radius 2 is 1.69 bits per heavy atom. The monoisotopic (exact) mass is 438 g/mol. The Kier molecular flexibility index (Phi) is 7.78. The van der Waals surface area contributed by atoms with E-state index in [0.717, 1.165) is 0 Å². The Hall–Kier alpha value is -3.45. The largest absolute Gasteiger partial charge is 0.483 e. The van der Waals surface area contributed by atoms with Gasteiger partial charge in [-0.1, -0.05) is 42.5 Å². The summed E-state index contributed by atoms with van der Waals surface area (Å²) >= 11 is 0. The normalized spacial score (nSPS) is 23.6. The summed E-state index contributed by atoms with van der Waals surface area (Å²) in [6, 6.07) is 17.3. The molecule has 5 atom stereocenters. The van der Waals surface area contributed by atoms with Gasteiger partial charge in [-0.05, 0) is 37.3 Å². The van der Waals surface area contributed by atoms with Gasteiger partial charge >= 0.3 is 11.9 Å². The molecule has 2 N–H and O–H groups in total. The first-order valence-corrected chi connectivity index (χ1v) is 10.4. The lowest BCUT2D eigenvalue weighted by molar-refractivity contribution is -0.139. The lowest BCUT2D eigenvalue weighted by Crippen LogP contribution is -2.27. The number of carbonyl (C=O) groups is 3. The predicted octanol–water partition coefficient (Wildman–Crippen LogP) is 3.28. The molecule has 0 heterocycles. The number of para-hydroxylation sites is 1. The molecule has 1 aliphatic rings. The van der Waals surface area contributed by atoms with Crippen LogP contribution in [0.3, 0.4) is 0 Å². The fraction of sp³-hybridized carbons (Fsp3) is 0.320. The van der Waals surface area contributed by atoms with Crippen LogP contribution in [0.25, 0.3) is 0 Å². The van der Waals surface area contributed by atoms with Crippen LogP contribution in [-0.2, 0) is 14.3 Å². The summed E-state index contributed by atoms with van der Waals surface area (Å²) in [5.74, 6) is -2.72. The summed E-state index contributed by atoms with van der Waals surface area (Å²) in [5.41, 5.74) is 0.354. The minimum Gasteiger partial charge on any atom is -0.483 e. The molecule has 0 aliphatic heterocycles. The molecule has 168 valence electrons. The third-order valence-electron chi connectivity index (χ3n) is 5.51. The molecule has 7 heteroatoms. The van der Waals surface area contributed by atoms with Crippen LogP contribution < -0.4 is 4.74 Å². The third-order valence-corrected chi connectivity index (χ3v) is 5.51. The van der Waals surface area contributed by atoms with E-state index in [1.165, 1.54) is 12.2 Å². The lowest BCUT2D eigenvalue weighted by Gasteiger charge is -2.21. The third kappa shape index (κ3) is 6.04. The highest BCUT2D eigenvalue weighted by Crippen LogP contribution is 2.38. The Bertz CT molecular complexity index is 955. The molecular formula is C25H26O7. The topological polar surface area (TPSA) is 110 Å². The smallest absolute Gasteiger partial charge is 0.338 e. The van der Waals surface area contributed by atoms with Gasteiger partial charge < -0.3 is 19.7 Å². The van der Waals surface area contributed by atoms with Gasteiger partial charge in [0, 0.05) is 18.3 Å². The summed E-state index contributed by atoms with van der Waals surface area (Å²) in [4.78, 5) is 36.4. The SMILES string of the molecule is CC(Oc1ccccc1)C(=O)C=C[C@H]1[C@H](CC(=O)O)[C@H](O)C[C@@H]1OC(=O)c1ccccc1. The van der Waals surface area contributed by atoms with Crippen molar-refractivity contribution in [2.45, 2.75) is 38.1 Å². The van der Waals surface area contributed by atoms with E-state index in [9.17, 15) is 24.6 Å². The van der Waals surface area contributed by atoms with Gasteiger partial charge in [-0.25, -0.2) is 4.79 Å². The van der Waals surface area contributed by atoms with Crippen molar-refractivity contribution >= 4 is 17.7 Å². The number of ketones is 1. The molecule has 1 unspecified atom stereocenters. The molecule has 0 radical (unpaired) electrons. The van der Waals surface area contributed by atoms with Crippen LogP contribution in [0.5, 0.6) is 5.75 Å². The second kappa shape index (κ2) is 10.7. The van der Waals surface area contributed by atoms with Gasteiger partial charge in [0.2, 0.25) is 0 Å². The van der Waals surface area contributed by atoms with Crippen LogP contribution in [0.4, 0.5) is 0 Å². The highest BCUT2D eigenvalue weighted by molar-refractivity contribution is 5.93. The fourth-order valence-electron chi connectivity index (χ4n) is 3.85. The maximum absolute atomic E-state index is 12.6. The first-order chi connectivity index (χ1) is 15.3. The van der Waals surface area contributed by atoms with Crippen LogP contribution in [0.2, 0.25) is 0 Å². The molecule has 7 nitrogen and oxygen atoms in total. The standard InChI is InChI=1S/C25H26O7/c1-16(31-18-10-6-3-7-11-18)21(26)13-12-19-20(14-24(28)29)22(27)15-23(19)32-25(30)17-8-4-2-5-9-17/h2-13,16,19-20,22-23,27H,14-15H2,1H3,(H,28,29)/t16?,19-,20-,22+,23-/m0/s1. The molecular weight excluding hydrogens is 412 g/mol. The highest BCUT2D eigenvalue weighted by Gasteiger charge is 2.44. The maximum Gasteiger partial charge on any atom is 0.338 e. The maximum atomic E-state index is 12.6. The lowest BCUT2D eigenvalue weighted by atomic mass is 9.90. The molecule has 32 heavy (non-hydrogen) atoms. The molecule has 0 aromatic heterocycles. The second-order valence-corrected chi connectivity index (χ2v) is 7.79. The van der Waals surface area contributed by atoms with E-state index in [4.69, 9.17) is 9.47 Å². The fourth-order valence-corrected chi connectivity index (χ4v) is 3.85. The van der Waals surface area contributed by atoms with Gasteiger partial charge in [0.1, 0.15) is 11.9 Å². The zero-order valence-corrected chi connectivity index (χ0v) is 17.7. The van der Waals surface area contributed by atoms with Crippen LogP contribution in [0.15, 0.2) is 72.8 Å². The molecule has 1 aliphatic carbocycles. The average molecular weight is 438 g/mol. The predicted molar refractivity (Wildman–Crippen MR) is 116 cm³/mol. The number of benzene rings is 2. The number of aliphatic hydroxyl groups excluding tert-OH is 1. The van der Waals surface area contributed by atoms with Crippen molar-refractivity contribution in [3.05, 3.63) is 78.4 Å². The van der Waals surface area contributed by atoms with E-state index in [1.807, 2.05) is 6.07 Å². The molecule has 1 saturated carbocycles. The first kappa shape index (κ1) is 23.2. The molecule has 0 bridgehead atoms. The van der Waals surface area contributed by atoms with Gasteiger partial charge in [0.15, 0.2) is 11.9 Å². The van der Waals surface area contributed by atoms with E-state index in [0.29, 0.717) is 11.3 Å². The van der Waals surface area contributed by atoms with Crippen LogP contribution in [0.1, 0.15) is 30.1 Å². The zero-order chi connectivity index (χ0) is 23.1. The van der Waals surface area contributed by atoms with Crippen molar-refractivity contribution in [2.75, 3.05) is 0 Å². The number of carbonyl (C=O) groups excluding carboxylic acids is 2. The van der Waals surface area contributed by atoms with Gasteiger partial charge in [0.25, 0.3) is 0 Å². The Labute approximate surface area is 186 Å². The molecule has 1 fully saturated rings. The Morgan fingerprint density at radius 1 is 1.06 bits per heavy atom. The van der Waals surface area contributed by atoms with Crippen molar-refractivity contribution in [1.29, 1.82) is 0 Å². The molecule has 2 aromatic carbocycles. The average Bonchev–Trinajstić information content (AvgIpc) is 3.06. The molecule has 0 amide bonds. The van der Waals surface area contributed by atoms with Crippen LogP contribution in [-0.4, -0.2) is 46.2 Å². The molecule has 2 aromatic rings. The molecule has 3 rings (SSSR count). The number of hydrogen-bond acceptors (Lipinski definition) is 6. The zero-order valence-electron chi connectivity index (χ0n) is 17.7. The van der Waals surface area contributed by atoms with Crippen molar-refractivity contribution in [3.8, 4) is 5.75 Å². The summed E-state index contributed by atoms with van der Waals surface area (Å²) < 4.78 is 11.2. The van der Waals surface area contributed by atoms with Gasteiger partial charge in [-0.2, -0.15) is 0 Å². The number of hydrogen-bond donors (Lipinski definition) is 2. The number of aliphatic carboxylic acids is 1. The van der Waals surface area contributed by atoms with E-state index >= 15 is 0 Å². The van der Waals surface area contributed by atoms with Gasteiger partial charge in [0.05, 0.1) is 18.1 Å². The molecule has 0 spiro atoms. The summed E-state index contributed by atoms with van der Waals surface area (Å²) in [7, 11) is 0. The minimum absolute atomic E-state index is 0.0930. The number of rotatable bonds is 9. The van der Waals surface area contributed by atoms with E-state index < -0.39 is 42.1 Å². The highest BCUT2D eigenvalue weighted by atomic mass is 16.5. The van der Waals surface area contributed by atoms with Gasteiger partial charge in [-0.3, -0.25) is 9.59 Å². The molecule has 0 saturated heterocycles. The van der Waals surface area contributed by atoms with E-state index in [1.54, 1.807) is 61.5 Å². The summed E-state index contributed by atoms with van der Waals surface area (Å²) in [6.45, 7) is 1.62. The summed E-state index contributed by atoms with van der Waals surface area (Å²) in [6.07, 6.45) is 0.145. The number of carboxylic acid groups (broad SMARTS) is 1. The van der Waals surface area contributed by atoms with Crippen LogP contribution >= 0.6 is 0 Å². The van der Waals surface area contributed by atoms with E-state index in [2.05, 4.69) is 0 Å². The number of aliphatic hydroxyl groups is 1. The van der Waals surface area contributed by atoms with Crippen LogP contribution in [0, 0.1) is 11.8 Å². The number of carboxylic acids is 1. The quantitative estimate of drug-likeness (QED) is 0.457. The number of ether oxygens (including phenoxy) is 2. The van der Waals surface area contributed by atoms with Gasteiger partial charge in [-0.15, -0.1) is 0 Å². The van der Waals surface area contributed by atoms with E-state index in [-0.39, 0.29) is 18.6 Å². The Balaban J connectivity index is 1.73. The second-order valence-electron chi connectivity index (χ2n) is 7.79. The Morgan fingerprint density at radius 3 is 2.31 bits per heavy atom. The minimum atomic E-state index is -1.07. The first-order valence-electron chi connectivity index (χ1n) is 10.4. The number of esters is 1. The van der Waals surface area contributed by atoms with Crippen molar-refractivity contribution in [3.63, 3.8) is 0 Å². The van der Waals surface area contributed by atoms with Crippen molar-refractivity contribution in [1.82, 2.24) is 0 Å².